The van der Waals surface area contributed by atoms with Crippen molar-refractivity contribution in [3.63, 3.8) is 0 Å². The molecule has 0 saturated heterocycles. The first kappa shape index (κ1) is 14.6. The van der Waals surface area contributed by atoms with Crippen LogP contribution in [-0.2, 0) is 6.42 Å². The fourth-order valence-electron chi connectivity index (χ4n) is 2.86. The van der Waals surface area contributed by atoms with E-state index in [9.17, 15) is 0 Å². The summed E-state index contributed by atoms with van der Waals surface area (Å²) in [7, 11) is 0. The largest absolute Gasteiger partial charge is 0.0613 e. The third-order valence-corrected chi connectivity index (χ3v) is 4.28. The van der Waals surface area contributed by atoms with E-state index in [4.69, 9.17) is 0 Å². The van der Waals surface area contributed by atoms with Crippen LogP contribution in [0, 0.1) is 13.8 Å². The maximum Gasteiger partial charge on any atom is -0.0155 e. The monoisotopic (exact) mass is 286 g/mol. The predicted octanol–water partition coefficient (Wildman–Crippen LogP) is 6.20. The second-order valence-corrected chi connectivity index (χ2v) is 5.95. The van der Waals surface area contributed by atoms with Crippen LogP contribution in [0.25, 0.3) is 22.3 Å². The van der Waals surface area contributed by atoms with E-state index < -0.39 is 0 Å². The molecular weight excluding hydrogens is 264 g/mol. The lowest BCUT2D eigenvalue weighted by Crippen LogP contribution is -1.87. The molecule has 3 aromatic rings. The summed E-state index contributed by atoms with van der Waals surface area (Å²) in [5.41, 5.74) is 9.21. The molecule has 0 amide bonds. The third kappa shape index (κ3) is 2.96. The first-order valence-electron chi connectivity index (χ1n) is 7.94. The molecule has 0 bridgehead atoms. The molecule has 3 aromatic carbocycles. The first-order chi connectivity index (χ1) is 10.7. The Hall–Kier alpha value is -2.34. The van der Waals surface area contributed by atoms with Gasteiger partial charge in [0.25, 0.3) is 0 Å². The van der Waals surface area contributed by atoms with Crippen molar-refractivity contribution in [2.45, 2.75) is 27.2 Å². The summed E-state index contributed by atoms with van der Waals surface area (Å²) in [6.07, 6.45) is 1.09. The third-order valence-electron chi connectivity index (χ3n) is 4.28. The van der Waals surface area contributed by atoms with Crippen LogP contribution in [0.5, 0.6) is 0 Å². The maximum absolute atomic E-state index is 2.29. The molecule has 0 aromatic heterocycles. The van der Waals surface area contributed by atoms with Gasteiger partial charge in [-0.25, -0.2) is 0 Å². The van der Waals surface area contributed by atoms with Crippen LogP contribution in [0.15, 0.2) is 66.7 Å². The van der Waals surface area contributed by atoms with E-state index in [1.54, 1.807) is 0 Å². The molecule has 0 aliphatic carbocycles. The molecule has 110 valence electrons. The number of hydrogen-bond donors (Lipinski definition) is 0. The summed E-state index contributed by atoms with van der Waals surface area (Å²) < 4.78 is 0. The van der Waals surface area contributed by atoms with Gasteiger partial charge in [0.2, 0.25) is 0 Å². The Morgan fingerprint density at radius 1 is 0.636 bits per heavy atom. The van der Waals surface area contributed by atoms with Gasteiger partial charge in [0.1, 0.15) is 0 Å². The quantitative estimate of drug-likeness (QED) is 0.537. The van der Waals surface area contributed by atoms with Crippen LogP contribution in [0.4, 0.5) is 0 Å². The lowest BCUT2D eigenvalue weighted by Gasteiger charge is -2.09. The average Bonchev–Trinajstić information content (AvgIpc) is 2.56. The van der Waals surface area contributed by atoms with Crippen LogP contribution < -0.4 is 0 Å². The van der Waals surface area contributed by atoms with Gasteiger partial charge in [-0.1, -0.05) is 79.2 Å². The SMILES string of the molecule is CCc1ccc(-c2ccc(-c3ccc(C)cc3)cc2)c(C)c1. The number of benzene rings is 3. The van der Waals surface area contributed by atoms with E-state index in [-0.39, 0.29) is 0 Å². The molecule has 0 aliphatic heterocycles. The van der Waals surface area contributed by atoms with E-state index in [1.807, 2.05) is 0 Å². The zero-order valence-corrected chi connectivity index (χ0v) is 13.6. The Morgan fingerprint density at radius 2 is 1.18 bits per heavy atom. The lowest BCUT2D eigenvalue weighted by atomic mass is 9.95. The lowest BCUT2D eigenvalue weighted by molar-refractivity contribution is 1.13. The fourth-order valence-corrected chi connectivity index (χ4v) is 2.86. The number of hydrogen-bond acceptors (Lipinski definition) is 0. The van der Waals surface area contributed by atoms with Gasteiger partial charge in [-0.15, -0.1) is 0 Å². The zero-order chi connectivity index (χ0) is 15.5. The maximum atomic E-state index is 2.29. The molecule has 0 nitrogen and oxygen atoms in total. The van der Waals surface area contributed by atoms with E-state index in [0.29, 0.717) is 0 Å². The fraction of sp³-hybridized carbons (Fsp3) is 0.182. The molecule has 0 heterocycles. The van der Waals surface area contributed by atoms with Crippen LogP contribution >= 0.6 is 0 Å². The molecule has 22 heavy (non-hydrogen) atoms. The van der Waals surface area contributed by atoms with Gasteiger partial charge in [0.05, 0.1) is 0 Å². The van der Waals surface area contributed by atoms with Gasteiger partial charge in [-0.05, 0) is 53.6 Å². The minimum absolute atomic E-state index is 1.09. The van der Waals surface area contributed by atoms with E-state index in [2.05, 4.69) is 87.5 Å². The Kier molecular flexibility index (Phi) is 4.11. The molecule has 3 rings (SSSR count). The van der Waals surface area contributed by atoms with Crippen molar-refractivity contribution in [3.8, 4) is 22.3 Å². The highest BCUT2D eigenvalue weighted by atomic mass is 14.1. The van der Waals surface area contributed by atoms with E-state index in [0.717, 1.165) is 6.42 Å². The van der Waals surface area contributed by atoms with Gasteiger partial charge in [-0.3, -0.25) is 0 Å². The molecular formula is C22H22. The molecule has 0 N–H and O–H groups in total. The average molecular weight is 286 g/mol. The van der Waals surface area contributed by atoms with Crippen molar-refractivity contribution in [2.24, 2.45) is 0 Å². The van der Waals surface area contributed by atoms with Crippen LogP contribution in [0.2, 0.25) is 0 Å². The highest BCUT2D eigenvalue weighted by Gasteiger charge is 2.04. The van der Waals surface area contributed by atoms with Crippen molar-refractivity contribution in [1.29, 1.82) is 0 Å². The standard InChI is InChI=1S/C22H22/c1-4-18-7-14-22(17(3)15-18)21-12-10-20(11-13-21)19-8-5-16(2)6-9-19/h5-15H,4H2,1-3H3. The predicted molar refractivity (Wildman–Crippen MR) is 96.2 cm³/mol. The smallest absolute Gasteiger partial charge is 0.0155 e. The van der Waals surface area contributed by atoms with Gasteiger partial charge < -0.3 is 0 Å². The molecule has 0 heteroatoms. The van der Waals surface area contributed by atoms with E-state index in [1.165, 1.54) is 38.9 Å². The highest BCUT2D eigenvalue weighted by Crippen LogP contribution is 2.27. The molecule has 0 spiro atoms. The molecule has 0 unspecified atom stereocenters. The molecule has 0 aliphatic rings. The summed E-state index contributed by atoms with van der Waals surface area (Å²) >= 11 is 0. The highest BCUT2D eigenvalue weighted by molar-refractivity contribution is 5.72. The van der Waals surface area contributed by atoms with Gasteiger partial charge in [0, 0.05) is 0 Å². The van der Waals surface area contributed by atoms with Crippen molar-refractivity contribution in [2.75, 3.05) is 0 Å². The van der Waals surface area contributed by atoms with Crippen LogP contribution in [0.1, 0.15) is 23.6 Å². The number of rotatable bonds is 3. The first-order valence-corrected chi connectivity index (χ1v) is 7.94. The summed E-state index contributed by atoms with van der Waals surface area (Å²) in [5.74, 6) is 0. The van der Waals surface area contributed by atoms with Gasteiger partial charge in [0.15, 0.2) is 0 Å². The topological polar surface area (TPSA) is 0 Å². The summed E-state index contributed by atoms with van der Waals surface area (Å²) in [4.78, 5) is 0. The number of aryl methyl sites for hydroxylation is 3. The van der Waals surface area contributed by atoms with Crippen LogP contribution in [0.3, 0.4) is 0 Å². The minimum atomic E-state index is 1.09. The van der Waals surface area contributed by atoms with Crippen molar-refractivity contribution in [1.82, 2.24) is 0 Å². The summed E-state index contributed by atoms with van der Waals surface area (Å²) in [5, 5.41) is 0. The summed E-state index contributed by atoms with van der Waals surface area (Å²) in [6, 6.07) is 24.4. The Labute approximate surface area is 133 Å². The van der Waals surface area contributed by atoms with Crippen molar-refractivity contribution in [3.05, 3.63) is 83.4 Å². The second-order valence-electron chi connectivity index (χ2n) is 5.95. The van der Waals surface area contributed by atoms with E-state index >= 15 is 0 Å². The molecule has 0 fully saturated rings. The van der Waals surface area contributed by atoms with Gasteiger partial charge in [-0.2, -0.15) is 0 Å². The van der Waals surface area contributed by atoms with Crippen LogP contribution in [-0.4, -0.2) is 0 Å². The van der Waals surface area contributed by atoms with Crippen molar-refractivity contribution < 1.29 is 0 Å². The Balaban J connectivity index is 1.92. The Bertz CT molecular complexity index is 762. The second kappa shape index (κ2) is 6.19. The zero-order valence-electron chi connectivity index (χ0n) is 13.6. The molecule has 0 radical (unpaired) electrons. The molecule has 0 saturated carbocycles. The van der Waals surface area contributed by atoms with Crippen molar-refractivity contribution >= 4 is 0 Å². The molecule has 0 atom stereocenters. The summed E-state index contributed by atoms with van der Waals surface area (Å²) in [6.45, 7) is 6.52. The van der Waals surface area contributed by atoms with Gasteiger partial charge >= 0.3 is 0 Å². The Morgan fingerprint density at radius 3 is 1.73 bits per heavy atom. The minimum Gasteiger partial charge on any atom is -0.0613 e. The normalized spacial score (nSPS) is 10.7.